The maximum absolute atomic E-state index is 13.3. The lowest BCUT2D eigenvalue weighted by atomic mass is 9.94. The molecule has 112 valence electrons. The quantitative estimate of drug-likeness (QED) is 0.809. The van der Waals surface area contributed by atoms with Gasteiger partial charge in [-0.05, 0) is 71.8 Å². The molecule has 0 amide bonds. The summed E-state index contributed by atoms with van der Waals surface area (Å²) in [6, 6.07) is 5.75. The molecule has 0 spiro atoms. The minimum atomic E-state index is -0.198. The van der Waals surface area contributed by atoms with Gasteiger partial charge in [-0.25, -0.2) is 4.39 Å². The van der Waals surface area contributed by atoms with E-state index in [1.165, 1.54) is 11.6 Å². The highest BCUT2D eigenvalue weighted by atomic mass is 79.9. The van der Waals surface area contributed by atoms with E-state index in [9.17, 15) is 4.39 Å². The molecule has 1 heterocycles. The molecule has 0 saturated carbocycles. The monoisotopic (exact) mass is 343 g/mol. The number of ether oxygens (including phenoxy) is 1. The largest absolute Gasteiger partial charge is 0.381 e. The van der Waals surface area contributed by atoms with Crippen LogP contribution in [0.4, 0.5) is 4.39 Å². The molecule has 0 bridgehead atoms. The first-order chi connectivity index (χ1) is 9.69. The highest BCUT2D eigenvalue weighted by Gasteiger charge is 2.20. The van der Waals surface area contributed by atoms with Gasteiger partial charge in [-0.3, -0.25) is 0 Å². The molecule has 1 aliphatic rings. The van der Waals surface area contributed by atoms with Gasteiger partial charge in [0.25, 0.3) is 0 Å². The Morgan fingerprint density at radius 3 is 3.00 bits per heavy atom. The van der Waals surface area contributed by atoms with Crippen LogP contribution < -0.4 is 5.32 Å². The molecule has 1 aromatic rings. The van der Waals surface area contributed by atoms with Crippen molar-refractivity contribution >= 4 is 15.9 Å². The van der Waals surface area contributed by atoms with Crippen molar-refractivity contribution in [3.05, 3.63) is 34.1 Å². The predicted molar refractivity (Wildman–Crippen MR) is 83.4 cm³/mol. The second kappa shape index (κ2) is 8.11. The first kappa shape index (κ1) is 15.9. The van der Waals surface area contributed by atoms with Crippen molar-refractivity contribution in [2.75, 3.05) is 19.8 Å². The maximum atomic E-state index is 13.3. The normalized spacial score (nSPS) is 20.2. The summed E-state index contributed by atoms with van der Waals surface area (Å²) in [6.07, 6.45) is 4.37. The van der Waals surface area contributed by atoms with E-state index in [0.29, 0.717) is 16.4 Å². The van der Waals surface area contributed by atoms with Gasteiger partial charge in [-0.1, -0.05) is 13.0 Å². The third kappa shape index (κ3) is 4.83. The van der Waals surface area contributed by atoms with Crippen LogP contribution in [0.15, 0.2) is 22.7 Å². The van der Waals surface area contributed by atoms with Crippen LogP contribution in [0.3, 0.4) is 0 Å². The summed E-state index contributed by atoms with van der Waals surface area (Å²) in [5, 5.41) is 3.61. The van der Waals surface area contributed by atoms with Crippen molar-refractivity contribution in [2.24, 2.45) is 5.92 Å². The van der Waals surface area contributed by atoms with Gasteiger partial charge in [0, 0.05) is 19.3 Å². The van der Waals surface area contributed by atoms with E-state index in [1.54, 1.807) is 0 Å². The lowest BCUT2D eigenvalue weighted by Crippen LogP contribution is -2.34. The Hall–Kier alpha value is -0.450. The van der Waals surface area contributed by atoms with Crippen molar-refractivity contribution in [1.82, 2.24) is 5.32 Å². The molecule has 0 aromatic heterocycles. The van der Waals surface area contributed by atoms with Gasteiger partial charge in [0.2, 0.25) is 0 Å². The van der Waals surface area contributed by atoms with Crippen molar-refractivity contribution < 1.29 is 9.13 Å². The number of rotatable bonds is 7. The topological polar surface area (TPSA) is 21.3 Å². The summed E-state index contributed by atoms with van der Waals surface area (Å²) in [4.78, 5) is 0. The highest BCUT2D eigenvalue weighted by Crippen LogP contribution is 2.22. The van der Waals surface area contributed by atoms with E-state index in [-0.39, 0.29) is 5.82 Å². The molecular formula is C16H23BrFNO. The van der Waals surface area contributed by atoms with Crippen molar-refractivity contribution in [3.63, 3.8) is 0 Å². The predicted octanol–water partition coefficient (Wildman–Crippen LogP) is 3.93. The average molecular weight is 344 g/mol. The SMILES string of the molecule is CCCNC(Cc1ccc(F)c(Br)c1)CC1CCOC1. The summed E-state index contributed by atoms with van der Waals surface area (Å²) in [7, 11) is 0. The summed E-state index contributed by atoms with van der Waals surface area (Å²) >= 11 is 3.26. The smallest absolute Gasteiger partial charge is 0.137 e. The second-order valence-electron chi connectivity index (χ2n) is 5.57. The van der Waals surface area contributed by atoms with E-state index < -0.39 is 0 Å². The van der Waals surface area contributed by atoms with Crippen LogP contribution in [-0.2, 0) is 11.2 Å². The van der Waals surface area contributed by atoms with Gasteiger partial charge in [0.15, 0.2) is 0 Å². The zero-order valence-corrected chi connectivity index (χ0v) is 13.6. The highest BCUT2D eigenvalue weighted by molar-refractivity contribution is 9.10. The molecule has 4 heteroatoms. The standard InChI is InChI=1S/C16H23BrFNO/c1-2-6-19-14(9-13-5-7-20-11-13)8-12-3-4-16(18)15(17)10-12/h3-4,10,13-14,19H,2,5-9,11H2,1H3. The van der Waals surface area contributed by atoms with E-state index in [4.69, 9.17) is 4.74 Å². The van der Waals surface area contributed by atoms with Gasteiger partial charge in [0.05, 0.1) is 4.47 Å². The first-order valence-electron chi connectivity index (χ1n) is 7.44. The minimum Gasteiger partial charge on any atom is -0.381 e. The summed E-state index contributed by atoms with van der Waals surface area (Å²) in [5.74, 6) is 0.462. The van der Waals surface area contributed by atoms with Crippen molar-refractivity contribution in [2.45, 2.75) is 38.6 Å². The zero-order chi connectivity index (χ0) is 14.4. The minimum absolute atomic E-state index is 0.198. The molecule has 20 heavy (non-hydrogen) atoms. The lowest BCUT2D eigenvalue weighted by Gasteiger charge is -2.21. The summed E-state index contributed by atoms with van der Waals surface area (Å²) in [5.41, 5.74) is 1.17. The molecule has 1 aromatic carbocycles. The number of benzene rings is 1. The zero-order valence-electron chi connectivity index (χ0n) is 12.0. The van der Waals surface area contributed by atoms with Gasteiger partial charge < -0.3 is 10.1 Å². The molecule has 2 atom stereocenters. The van der Waals surface area contributed by atoms with E-state index in [2.05, 4.69) is 28.2 Å². The molecule has 1 aliphatic heterocycles. The fraction of sp³-hybridized carbons (Fsp3) is 0.625. The van der Waals surface area contributed by atoms with Gasteiger partial charge >= 0.3 is 0 Å². The van der Waals surface area contributed by atoms with Crippen LogP contribution in [0.1, 0.15) is 31.7 Å². The fourth-order valence-corrected chi connectivity index (χ4v) is 3.14. The van der Waals surface area contributed by atoms with Gasteiger partial charge in [-0.2, -0.15) is 0 Å². The van der Waals surface area contributed by atoms with E-state index in [1.807, 2.05) is 12.1 Å². The van der Waals surface area contributed by atoms with Crippen LogP contribution in [0.2, 0.25) is 0 Å². The Bertz CT molecular complexity index is 421. The molecule has 0 aliphatic carbocycles. The fourth-order valence-electron chi connectivity index (χ4n) is 2.71. The Balaban J connectivity index is 1.95. The molecule has 2 rings (SSSR count). The third-order valence-electron chi connectivity index (χ3n) is 3.79. The van der Waals surface area contributed by atoms with E-state index in [0.717, 1.165) is 45.4 Å². The Kier molecular flexibility index (Phi) is 6.46. The Labute approximate surface area is 129 Å². The molecule has 1 saturated heterocycles. The summed E-state index contributed by atoms with van der Waals surface area (Å²) in [6.45, 7) is 4.99. The van der Waals surface area contributed by atoms with Crippen LogP contribution in [0, 0.1) is 11.7 Å². The number of nitrogens with one attached hydrogen (secondary N) is 1. The molecule has 2 nitrogen and oxygen atoms in total. The molecule has 2 unspecified atom stereocenters. The molecule has 0 radical (unpaired) electrons. The average Bonchev–Trinajstić information content (AvgIpc) is 2.93. The Morgan fingerprint density at radius 1 is 1.50 bits per heavy atom. The van der Waals surface area contributed by atoms with Crippen molar-refractivity contribution in [3.8, 4) is 0 Å². The van der Waals surface area contributed by atoms with Crippen molar-refractivity contribution in [1.29, 1.82) is 0 Å². The molecular weight excluding hydrogens is 321 g/mol. The number of hydrogen-bond donors (Lipinski definition) is 1. The van der Waals surface area contributed by atoms with Gasteiger partial charge in [-0.15, -0.1) is 0 Å². The van der Waals surface area contributed by atoms with Crippen LogP contribution in [-0.4, -0.2) is 25.8 Å². The number of hydrogen-bond acceptors (Lipinski definition) is 2. The van der Waals surface area contributed by atoms with Crippen LogP contribution >= 0.6 is 15.9 Å². The number of halogens is 2. The molecule has 1 fully saturated rings. The van der Waals surface area contributed by atoms with Gasteiger partial charge in [0.1, 0.15) is 5.82 Å². The molecule has 1 N–H and O–H groups in total. The lowest BCUT2D eigenvalue weighted by molar-refractivity contribution is 0.181. The second-order valence-corrected chi connectivity index (χ2v) is 6.42. The Morgan fingerprint density at radius 2 is 2.35 bits per heavy atom. The maximum Gasteiger partial charge on any atom is 0.137 e. The third-order valence-corrected chi connectivity index (χ3v) is 4.40. The van der Waals surface area contributed by atoms with Crippen LogP contribution in [0.25, 0.3) is 0 Å². The van der Waals surface area contributed by atoms with Crippen LogP contribution in [0.5, 0.6) is 0 Å². The van der Waals surface area contributed by atoms with E-state index >= 15 is 0 Å². The summed E-state index contributed by atoms with van der Waals surface area (Å²) < 4.78 is 19.3. The first-order valence-corrected chi connectivity index (χ1v) is 8.23.